The Labute approximate surface area is 242 Å². The Morgan fingerprint density at radius 1 is 1.15 bits per heavy atom. The highest BCUT2D eigenvalue weighted by Gasteiger charge is 2.65. The number of hydrogen-bond donors (Lipinski definition) is 1. The second kappa shape index (κ2) is 9.25. The second-order valence-electron chi connectivity index (χ2n) is 12.8. The van der Waals surface area contributed by atoms with Crippen LogP contribution in [0.1, 0.15) is 75.3 Å². The average molecular weight is 550 g/mol. The molecule has 2 bridgehead atoms. The molecule has 2 aliphatic carbocycles. The normalized spacial score (nSPS) is 28.0. The minimum Gasteiger partial charge on any atom is -0.493 e. The molecule has 0 radical (unpaired) electrons. The van der Waals surface area contributed by atoms with Crippen molar-refractivity contribution in [3.8, 4) is 11.5 Å². The van der Waals surface area contributed by atoms with Crippen LogP contribution in [-0.2, 0) is 18.3 Å². The van der Waals surface area contributed by atoms with E-state index in [-0.39, 0.29) is 17.4 Å². The minimum atomic E-state index is -0.126. The third kappa shape index (κ3) is 3.43. The molecule has 6 heteroatoms. The van der Waals surface area contributed by atoms with E-state index in [4.69, 9.17) is 9.47 Å². The van der Waals surface area contributed by atoms with Gasteiger partial charge in [-0.15, -0.1) is 6.58 Å². The van der Waals surface area contributed by atoms with Crippen molar-refractivity contribution in [1.29, 1.82) is 0 Å². The van der Waals surface area contributed by atoms with E-state index in [0.717, 1.165) is 86.7 Å². The van der Waals surface area contributed by atoms with E-state index in [1.807, 2.05) is 6.08 Å². The molecule has 0 saturated carbocycles. The van der Waals surface area contributed by atoms with Crippen molar-refractivity contribution >= 4 is 5.91 Å². The van der Waals surface area contributed by atoms with E-state index >= 15 is 0 Å². The third-order valence-electron chi connectivity index (χ3n) is 11.2. The maximum Gasteiger partial charge on any atom is 0.270 e. The lowest BCUT2D eigenvalue weighted by molar-refractivity contribution is -0.0314. The maximum atomic E-state index is 14.0. The van der Waals surface area contributed by atoms with E-state index < -0.39 is 0 Å². The number of rotatable bonds is 5. The van der Waals surface area contributed by atoms with Gasteiger partial charge in [0.25, 0.3) is 5.91 Å². The van der Waals surface area contributed by atoms with Gasteiger partial charge in [-0.3, -0.25) is 9.69 Å². The number of carbonyl (C=O) groups is 1. The lowest BCUT2D eigenvalue weighted by atomic mass is 9.51. The number of likely N-dealkylation sites (tertiary alicyclic amines) is 2. The molecule has 1 spiro atoms. The molecule has 8 rings (SSSR count). The number of aromatic amines is 1. The lowest BCUT2D eigenvalue weighted by Gasteiger charge is -2.58. The fourth-order valence-corrected chi connectivity index (χ4v) is 9.23. The number of methoxy groups -OCH3 is 1. The highest BCUT2D eigenvalue weighted by atomic mass is 16.5. The molecule has 1 aromatic heterocycles. The fourth-order valence-electron chi connectivity index (χ4n) is 9.23. The van der Waals surface area contributed by atoms with E-state index in [9.17, 15) is 4.79 Å². The molecule has 212 valence electrons. The number of aromatic nitrogens is 1. The van der Waals surface area contributed by atoms with Crippen LogP contribution in [0.15, 0.2) is 55.1 Å². The van der Waals surface area contributed by atoms with Crippen LogP contribution >= 0.6 is 0 Å². The first-order valence-electron chi connectivity index (χ1n) is 15.3. The van der Waals surface area contributed by atoms with Crippen molar-refractivity contribution in [2.24, 2.45) is 5.92 Å². The standard InChI is InChI=1S/C35H39N3O3/c1-4-15-37-18-14-35-26-20-25-21(2)30(34(39)38-16-12-23(13-17-38)22-8-6-5-7-9-22)36-31(25)33(35)41-32-28(40-3)11-10-24(29(32)35)19-27(26)37/h4-11,23,26-27,33,36H,1,12-20H2,2-3H3/t26-,27+,33-,35?/m0/s1. The van der Waals surface area contributed by atoms with E-state index in [0.29, 0.717) is 17.9 Å². The van der Waals surface area contributed by atoms with Gasteiger partial charge in [-0.1, -0.05) is 42.5 Å². The summed E-state index contributed by atoms with van der Waals surface area (Å²) in [7, 11) is 1.74. The van der Waals surface area contributed by atoms with Gasteiger partial charge < -0.3 is 19.4 Å². The van der Waals surface area contributed by atoms with Crippen molar-refractivity contribution < 1.29 is 14.3 Å². The molecule has 3 aromatic rings. The summed E-state index contributed by atoms with van der Waals surface area (Å²) in [6, 6.07) is 15.5. The van der Waals surface area contributed by atoms with Crippen LogP contribution in [0, 0.1) is 12.8 Å². The molecule has 41 heavy (non-hydrogen) atoms. The van der Waals surface area contributed by atoms with Crippen molar-refractivity contribution in [2.45, 2.75) is 62.5 Å². The topological polar surface area (TPSA) is 57.8 Å². The summed E-state index contributed by atoms with van der Waals surface area (Å²) >= 11 is 0. The van der Waals surface area contributed by atoms with Gasteiger partial charge in [0.2, 0.25) is 0 Å². The summed E-state index contributed by atoms with van der Waals surface area (Å²) in [4.78, 5) is 22.4. The summed E-state index contributed by atoms with van der Waals surface area (Å²) in [6.45, 7) is 9.72. The second-order valence-corrected chi connectivity index (χ2v) is 12.8. The summed E-state index contributed by atoms with van der Waals surface area (Å²) < 4.78 is 12.8. The van der Waals surface area contributed by atoms with E-state index in [2.05, 4.69) is 70.8 Å². The van der Waals surface area contributed by atoms with Crippen LogP contribution in [0.4, 0.5) is 0 Å². The number of ether oxygens (including phenoxy) is 2. The lowest BCUT2D eigenvalue weighted by Crippen LogP contribution is -2.62. The number of H-pyrrole nitrogens is 1. The smallest absolute Gasteiger partial charge is 0.270 e. The molecule has 6 nitrogen and oxygen atoms in total. The molecule has 4 heterocycles. The Bertz CT molecular complexity index is 1540. The van der Waals surface area contributed by atoms with Gasteiger partial charge in [-0.05, 0) is 85.7 Å². The molecule has 3 aliphatic heterocycles. The Balaban J connectivity index is 1.16. The zero-order valence-corrected chi connectivity index (χ0v) is 24.1. The molecule has 2 fully saturated rings. The molecular formula is C35H39N3O3. The first kappa shape index (κ1) is 25.2. The van der Waals surface area contributed by atoms with Gasteiger partial charge in [-0.2, -0.15) is 0 Å². The summed E-state index contributed by atoms with van der Waals surface area (Å²) in [5.74, 6) is 2.82. The fraction of sp³-hybridized carbons (Fsp3) is 0.457. The van der Waals surface area contributed by atoms with Gasteiger partial charge >= 0.3 is 0 Å². The van der Waals surface area contributed by atoms with E-state index in [1.54, 1.807) is 7.11 Å². The Kier molecular flexibility index (Phi) is 5.69. The van der Waals surface area contributed by atoms with Crippen LogP contribution in [0.2, 0.25) is 0 Å². The summed E-state index contributed by atoms with van der Waals surface area (Å²) in [5, 5.41) is 0. The van der Waals surface area contributed by atoms with Crippen molar-refractivity contribution in [2.75, 3.05) is 33.3 Å². The Morgan fingerprint density at radius 3 is 2.71 bits per heavy atom. The number of nitrogens with one attached hydrogen (secondary N) is 1. The Morgan fingerprint density at radius 2 is 1.95 bits per heavy atom. The van der Waals surface area contributed by atoms with Crippen LogP contribution < -0.4 is 9.47 Å². The van der Waals surface area contributed by atoms with Crippen molar-refractivity contribution in [3.63, 3.8) is 0 Å². The maximum absolute atomic E-state index is 14.0. The van der Waals surface area contributed by atoms with Gasteiger partial charge in [0.1, 0.15) is 11.8 Å². The first-order valence-corrected chi connectivity index (χ1v) is 15.3. The highest BCUT2D eigenvalue weighted by Crippen LogP contribution is 2.67. The number of nitrogens with zero attached hydrogens (tertiary/aromatic N) is 2. The number of hydrogen-bond acceptors (Lipinski definition) is 4. The number of piperidine rings is 2. The predicted octanol–water partition coefficient (Wildman–Crippen LogP) is 5.71. The molecule has 1 N–H and O–H groups in total. The molecule has 5 aliphatic rings. The molecule has 2 aromatic carbocycles. The van der Waals surface area contributed by atoms with Gasteiger partial charge in [0.05, 0.1) is 12.8 Å². The quantitative estimate of drug-likeness (QED) is 0.414. The largest absolute Gasteiger partial charge is 0.493 e. The summed E-state index contributed by atoms with van der Waals surface area (Å²) in [5.41, 5.74) is 8.32. The number of benzene rings is 2. The number of carbonyl (C=O) groups excluding carboxylic acids is 1. The molecule has 1 amide bonds. The van der Waals surface area contributed by atoms with Gasteiger partial charge in [0, 0.05) is 36.7 Å². The Hall–Kier alpha value is -3.51. The van der Waals surface area contributed by atoms with Crippen LogP contribution in [0.5, 0.6) is 11.5 Å². The predicted molar refractivity (Wildman–Crippen MR) is 159 cm³/mol. The monoisotopic (exact) mass is 549 g/mol. The average Bonchev–Trinajstić information content (AvgIpc) is 3.53. The molecule has 1 unspecified atom stereocenters. The highest BCUT2D eigenvalue weighted by molar-refractivity contribution is 5.94. The van der Waals surface area contributed by atoms with Crippen LogP contribution in [0.25, 0.3) is 0 Å². The zero-order valence-electron chi connectivity index (χ0n) is 24.1. The van der Waals surface area contributed by atoms with Gasteiger partial charge in [0.15, 0.2) is 11.5 Å². The van der Waals surface area contributed by atoms with Crippen molar-refractivity contribution in [1.82, 2.24) is 14.8 Å². The van der Waals surface area contributed by atoms with Gasteiger partial charge in [-0.25, -0.2) is 0 Å². The molecule has 2 saturated heterocycles. The SMILES string of the molecule is C=CCN1CCC23c4c5ccc(OC)c4O[C@H]2c2[nH]c(C(=O)N4CCC(c6ccccc6)CC4)c(C)c2C[C@H]3[C@H]1C5. The van der Waals surface area contributed by atoms with Crippen molar-refractivity contribution in [3.05, 3.63) is 94.3 Å². The molecule has 4 atom stereocenters. The zero-order chi connectivity index (χ0) is 27.9. The van der Waals surface area contributed by atoms with Crippen LogP contribution in [-0.4, -0.2) is 60.0 Å². The molecular weight excluding hydrogens is 510 g/mol. The number of fused-ring (bicyclic) bond motifs is 2. The first-order chi connectivity index (χ1) is 20.0. The third-order valence-corrected chi connectivity index (χ3v) is 11.2. The number of amides is 1. The van der Waals surface area contributed by atoms with E-state index in [1.165, 1.54) is 22.3 Å². The van der Waals surface area contributed by atoms with Crippen LogP contribution in [0.3, 0.4) is 0 Å². The minimum absolute atomic E-state index is 0.0988. The summed E-state index contributed by atoms with van der Waals surface area (Å²) in [6.07, 6.45) is 6.95.